The highest BCUT2D eigenvalue weighted by Crippen LogP contribution is 2.31. The van der Waals surface area contributed by atoms with Gasteiger partial charge in [-0.2, -0.15) is 0 Å². The average molecular weight is 365 g/mol. The SMILES string of the molecule is Cc1cc(N)nc(-c2c[nH]c3ccc(N4NC=C(NC(C)(C)C)O4)cc23)n1. The quantitative estimate of drug-likeness (QED) is 0.566. The van der Waals surface area contributed by atoms with Crippen molar-refractivity contribution in [1.82, 2.24) is 25.7 Å². The first-order valence-electron chi connectivity index (χ1n) is 8.74. The third kappa shape index (κ3) is 3.46. The lowest BCUT2D eigenvalue weighted by atomic mass is 10.1. The number of nitrogen functional groups attached to an aromatic ring is 1. The van der Waals surface area contributed by atoms with E-state index < -0.39 is 0 Å². The molecule has 1 aliphatic rings. The Morgan fingerprint density at radius 3 is 2.74 bits per heavy atom. The van der Waals surface area contributed by atoms with Crippen LogP contribution in [0.3, 0.4) is 0 Å². The number of nitrogens with two attached hydrogens (primary N) is 1. The van der Waals surface area contributed by atoms with Crippen molar-refractivity contribution in [3.05, 3.63) is 48.2 Å². The maximum atomic E-state index is 5.89. The first kappa shape index (κ1) is 17.0. The zero-order valence-corrected chi connectivity index (χ0v) is 15.8. The van der Waals surface area contributed by atoms with Crippen LogP contribution in [0.25, 0.3) is 22.3 Å². The fourth-order valence-corrected chi connectivity index (χ4v) is 2.96. The summed E-state index contributed by atoms with van der Waals surface area (Å²) in [5.74, 6) is 1.71. The zero-order chi connectivity index (χ0) is 19.2. The van der Waals surface area contributed by atoms with E-state index in [-0.39, 0.29) is 5.54 Å². The first-order chi connectivity index (χ1) is 12.8. The van der Waals surface area contributed by atoms with E-state index in [0.717, 1.165) is 27.8 Å². The Morgan fingerprint density at radius 2 is 2.00 bits per heavy atom. The molecule has 0 fully saturated rings. The van der Waals surface area contributed by atoms with Gasteiger partial charge >= 0.3 is 0 Å². The number of nitrogens with one attached hydrogen (secondary N) is 3. The van der Waals surface area contributed by atoms with E-state index in [2.05, 4.69) is 46.5 Å². The van der Waals surface area contributed by atoms with Crippen LogP contribution in [0.5, 0.6) is 0 Å². The molecule has 8 heteroatoms. The Balaban J connectivity index is 1.65. The van der Waals surface area contributed by atoms with Crippen LogP contribution in [-0.2, 0) is 4.84 Å². The van der Waals surface area contributed by atoms with Crippen molar-refractivity contribution in [2.24, 2.45) is 0 Å². The molecular weight excluding hydrogens is 342 g/mol. The van der Waals surface area contributed by atoms with Crippen LogP contribution in [-0.4, -0.2) is 20.5 Å². The summed E-state index contributed by atoms with van der Waals surface area (Å²) in [6.07, 6.45) is 3.68. The molecular formula is C19H23N7O. The lowest BCUT2D eigenvalue weighted by Gasteiger charge is -2.23. The zero-order valence-electron chi connectivity index (χ0n) is 15.8. The third-order valence-electron chi connectivity index (χ3n) is 4.02. The standard InChI is InChI=1S/C19H23N7O/c1-11-7-16(20)24-18(23-11)14-9-21-15-6-5-12(8-13(14)15)26-22-10-17(27-26)25-19(2,3)4/h5-10,21-22,25H,1-4H3,(H2,20,23,24). The number of fused-ring (bicyclic) bond motifs is 1. The van der Waals surface area contributed by atoms with Crippen molar-refractivity contribution in [2.75, 3.05) is 10.9 Å². The fourth-order valence-electron chi connectivity index (χ4n) is 2.96. The minimum Gasteiger partial charge on any atom is -0.384 e. The third-order valence-corrected chi connectivity index (χ3v) is 4.02. The maximum absolute atomic E-state index is 5.89. The van der Waals surface area contributed by atoms with Crippen molar-refractivity contribution in [3.63, 3.8) is 0 Å². The number of nitrogens with zero attached hydrogens (tertiary/aromatic N) is 3. The van der Waals surface area contributed by atoms with Gasteiger partial charge in [0.2, 0.25) is 5.88 Å². The van der Waals surface area contributed by atoms with Gasteiger partial charge in [0.1, 0.15) is 11.5 Å². The average Bonchev–Trinajstić information content (AvgIpc) is 3.18. The number of H-pyrrole nitrogens is 1. The van der Waals surface area contributed by atoms with Gasteiger partial charge in [-0.05, 0) is 45.9 Å². The van der Waals surface area contributed by atoms with Crippen LogP contribution < -0.4 is 21.6 Å². The summed E-state index contributed by atoms with van der Waals surface area (Å²) in [6, 6.07) is 7.73. The molecule has 0 amide bonds. The number of aryl methyl sites for hydroxylation is 1. The van der Waals surface area contributed by atoms with Crippen molar-refractivity contribution in [3.8, 4) is 11.4 Å². The molecule has 0 radical (unpaired) electrons. The maximum Gasteiger partial charge on any atom is 0.241 e. The largest absolute Gasteiger partial charge is 0.384 e. The van der Waals surface area contributed by atoms with Gasteiger partial charge in [0.15, 0.2) is 5.82 Å². The molecule has 0 atom stereocenters. The van der Waals surface area contributed by atoms with E-state index in [9.17, 15) is 0 Å². The van der Waals surface area contributed by atoms with E-state index in [1.807, 2.05) is 31.3 Å². The molecule has 0 spiro atoms. The summed E-state index contributed by atoms with van der Waals surface area (Å²) in [4.78, 5) is 18.0. The number of anilines is 2. The second kappa shape index (κ2) is 6.08. The van der Waals surface area contributed by atoms with Crippen LogP contribution in [0.1, 0.15) is 26.5 Å². The molecule has 8 nitrogen and oxygen atoms in total. The van der Waals surface area contributed by atoms with Crippen molar-refractivity contribution in [2.45, 2.75) is 33.2 Å². The van der Waals surface area contributed by atoms with Gasteiger partial charge in [0.05, 0.1) is 6.20 Å². The Bertz CT molecular complexity index is 1010. The van der Waals surface area contributed by atoms with E-state index in [0.29, 0.717) is 17.5 Å². The predicted octanol–water partition coefficient (Wildman–Crippen LogP) is 2.96. The molecule has 3 heterocycles. The van der Waals surface area contributed by atoms with Gasteiger partial charge in [0.25, 0.3) is 0 Å². The monoisotopic (exact) mass is 365 g/mol. The fraction of sp³-hybridized carbons (Fsp3) is 0.263. The van der Waals surface area contributed by atoms with Crippen LogP contribution >= 0.6 is 0 Å². The van der Waals surface area contributed by atoms with Crippen LogP contribution in [0.4, 0.5) is 11.5 Å². The minimum absolute atomic E-state index is 0.0935. The molecule has 4 rings (SSSR count). The molecule has 0 saturated heterocycles. The van der Waals surface area contributed by atoms with E-state index >= 15 is 0 Å². The van der Waals surface area contributed by atoms with Gasteiger partial charge in [-0.15, -0.1) is 5.17 Å². The van der Waals surface area contributed by atoms with E-state index in [1.54, 1.807) is 17.4 Å². The van der Waals surface area contributed by atoms with E-state index in [4.69, 9.17) is 10.6 Å². The number of hydrogen-bond acceptors (Lipinski definition) is 7. The Labute approximate surface area is 157 Å². The highest BCUT2D eigenvalue weighted by atomic mass is 16.7. The molecule has 2 aromatic heterocycles. The second-order valence-electron chi connectivity index (χ2n) is 7.59. The number of aromatic nitrogens is 3. The molecule has 0 bridgehead atoms. The molecule has 27 heavy (non-hydrogen) atoms. The molecule has 0 unspecified atom stereocenters. The van der Waals surface area contributed by atoms with Gasteiger partial charge < -0.3 is 20.9 Å². The molecule has 3 aromatic rings. The highest BCUT2D eigenvalue weighted by Gasteiger charge is 2.21. The highest BCUT2D eigenvalue weighted by molar-refractivity contribution is 5.96. The Hall–Kier alpha value is -3.42. The lowest BCUT2D eigenvalue weighted by molar-refractivity contribution is 0.160. The van der Waals surface area contributed by atoms with Crippen LogP contribution in [0, 0.1) is 6.92 Å². The summed E-state index contributed by atoms with van der Waals surface area (Å²) in [5, 5.41) is 5.89. The summed E-state index contributed by atoms with van der Waals surface area (Å²) in [7, 11) is 0. The number of hydrogen-bond donors (Lipinski definition) is 4. The summed E-state index contributed by atoms with van der Waals surface area (Å²) in [6.45, 7) is 8.13. The minimum atomic E-state index is -0.0935. The Kier molecular flexibility index (Phi) is 3.83. The van der Waals surface area contributed by atoms with Gasteiger partial charge in [0, 0.05) is 40.0 Å². The van der Waals surface area contributed by atoms with E-state index in [1.165, 1.54) is 0 Å². The normalized spacial score (nSPS) is 14.1. The molecule has 1 aromatic carbocycles. The smallest absolute Gasteiger partial charge is 0.241 e. The molecule has 1 aliphatic heterocycles. The Morgan fingerprint density at radius 1 is 1.19 bits per heavy atom. The molecule has 5 N–H and O–H groups in total. The van der Waals surface area contributed by atoms with Crippen LogP contribution in [0.2, 0.25) is 0 Å². The van der Waals surface area contributed by atoms with Crippen molar-refractivity contribution < 1.29 is 4.84 Å². The molecule has 140 valence electrons. The number of benzene rings is 1. The second-order valence-corrected chi connectivity index (χ2v) is 7.59. The molecule has 0 saturated carbocycles. The lowest BCUT2D eigenvalue weighted by Crippen LogP contribution is -2.36. The first-order valence-corrected chi connectivity index (χ1v) is 8.74. The van der Waals surface area contributed by atoms with Gasteiger partial charge in [-0.25, -0.2) is 9.97 Å². The summed E-state index contributed by atoms with van der Waals surface area (Å²) < 4.78 is 0. The topological polar surface area (TPSA) is 104 Å². The number of rotatable bonds is 3. The van der Waals surface area contributed by atoms with Gasteiger partial charge in [-0.1, -0.05) is 0 Å². The molecule has 0 aliphatic carbocycles. The number of hydrazine groups is 1. The summed E-state index contributed by atoms with van der Waals surface area (Å²) >= 11 is 0. The number of aromatic amines is 1. The van der Waals surface area contributed by atoms with Gasteiger partial charge in [-0.3, -0.25) is 5.43 Å². The summed E-state index contributed by atoms with van der Waals surface area (Å²) in [5.41, 5.74) is 12.5. The predicted molar refractivity (Wildman–Crippen MR) is 106 cm³/mol. The van der Waals surface area contributed by atoms with Crippen LogP contribution in [0.15, 0.2) is 42.5 Å². The van der Waals surface area contributed by atoms with Crippen molar-refractivity contribution >= 4 is 22.4 Å². The van der Waals surface area contributed by atoms with Crippen molar-refractivity contribution in [1.29, 1.82) is 0 Å².